The first-order chi connectivity index (χ1) is 13.7. The SMILES string of the molecule is Cc1cc(N(C)CCCOS(=O)(=O)O)ccc1N=Nc1sc2ccccc2[n+]1C. The summed E-state index contributed by atoms with van der Waals surface area (Å²) in [5, 5.41) is 9.67. The van der Waals surface area contributed by atoms with Gasteiger partial charge in [-0.05, 0) is 65.7 Å². The number of hydrogen-bond acceptors (Lipinski definition) is 7. The summed E-state index contributed by atoms with van der Waals surface area (Å²) in [4.78, 5) is 1.98. The number of hydrogen-bond donors (Lipinski definition) is 1. The third kappa shape index (κ3) is 5.57. The van der Waals surface area contributed by atoms with E-state index in [-0.39, 0.29) is 6.61 Å². The minimum Gasteiger partial charge on any atom is -0.375 e. The van der Waals surface area contributed by atoms with Gasteiger partial charge in [0, 0.05) is 19.3 Å². The molecule has 3 rings (SSSR count). The van der Waals surface area contributed by atoms with Crippen molar-refractivity contribution in [2.24, 2.45) is 17.3 Å². The zero-order valence-electron chi connectivity index (χ0n) is 16.4. The van der Waals surface area contributed by atoms with Crippen LogP contribution in [0, 0.1) is 6.92 Å². The van der Waals surface area contributed by atoms with Crippen molar-refractivity contribution < 1.29 is 21.7 Å². The van der Waals surface area contributed by atoms with Crippen molar-refractivity contribution in [3.05, 3.63) is 48.0 Å². The Hall–Kier alpha value is -2.40. The van der Waals surface area contributed by atoms with Gasteiger partial charge in [0.2, 0.25) is 0 Å². The molecule has 29 heavy (non-hydrogen) atoms. The van der Waals surface area contributed by atoms with E-state index in [0.29, 0.717) is 13.0 Å². The fourth-order valence-electron chi connectivity index (χ4n) is 2.86. The van der Waals surface area contributed by atoms with Gasteiger partial charge in [-0.25, -0.2) is 8.75 Å². The molecule has 0 amide bonds. The molecule has 0 aliphatic rings. The van der Waals surface area contributed by atoms with Gasteiger partial charge in [0.05, 0.1) is 23.5 Å². The van der Waals surface area contributed by atoms with Gasteiger partial charge in [-0.2, -0.15) is 8.42 Å². The molecule has 0 atom stereocenters. The van der Waals surface area contributed by atoms with Crippen LogP contribution in [0.25, 0.3) is 10.2 Å². The Morgan fingerprint density at radius 3 is 2.66 bits per heavy atom. The molecule has 0 spiro atoms. The summed E-state index contributed by atoms with van der Waals surface area (Å²) in [5.41, 5.74) is 3.87. The molecule has 1 heterocycles. The van der Waals surface area contributed by atoms with E-state index in [1.165, 1.54) is 0 Å². The third-order valence-electron chi connectivity index (χ3n) is 4.45. The highest BCUT2D eigenvalue weighted by Gasteiger charge is 2.15. The lowest BCUT2D eigenvalue weighted by Crippen LogP contribution is -2.25. The molecule has 0 bridgehead atoms. The highest BCUT2D eigenvalue weighted by molar-refractivity contribution is 7.80. The molecule has 2 aromatic carbocycles. The van der Waals surface area contributed by atoms with Gasteiger partial charge >= 0.3 is 15.5 Å². The Bertz CT molecular complexity index is 1140. The highest BCUT2D eigenvalue weighted by atomic mass is 32.3. The Labute approximate surface area is 174 Å². The lowest BCUT2D eigenvalue weighted by atomic mass is 10.1. The van der Waals surface area contributed by atoms with Crippen LogP contribution in [0.1, 0.15) is 12.0 Å². The number of anilines is 1. The Morgan fingerprint density at radius 1 is 1.21 bits per heavy atom. The van der Waals surface area contributed by atoms with Gasteiger partial charge in [-0.1, -0.05) is 12.1 Å². The second-order valence-electron chi connectivity index (χ2n) is 6.61. The lowest BCUT2D eigenvalue weighted by Gasteiger charge is -2.19. The maximum Gasteiger partial charge on any atom is 0.409 e. The molecule has 154 valence electrons. The van der Waals surface area contributed by atoms with E-state index in [1.807, 2.05) is 60.8 Å². The highest BCUT2D eigenvalue weighted by Crippen LogP contribution is 2.29. The molecule has 1 N–H and O–H groups in total. The third-order valence-corrected chi connectivity index (χ3v) is 6.02. The van der Waals surface area contributed by atoms with Gasteiger partial charge in [0.25, 0.3) is 0 Å². The topological polar surface area (TPSA) is 95.4 Å². The molecule has 0 aliphatic heterocycles. The molecule has 0 unspecified atom stereocenters. The predicted molar refractivity (Wildman–Crippen MR) is 114 cm³/mol. The van der Waals surface area contributed by atoms with Crippen LogP contribution in [-0.2, 0) is 21.6 Å². The average molecular weight is 436 g/mol. The van der Waals surface area contributed by atoms with Crippen LogP contribution in [-0.4, -0.2) is 33.2 Å². The molecule has 0 fully saturated rings. The number of para-hydroxylation sites is 1. The fraction of sp³-hybridized carbons (Fsp3) is 0.316. The molecule has 0 saturated heterocycles. The van der Waals surface area contributed by atoms with Gasteiger partial charge in [-0.15, -0.1) is 0 Å². The van der Waals surface area contributed by atoms with Gasteiger partial charge in [-0.3, -0.25) is 4.55 Å². The van der Waals surface area contributed by atoms with Crippen LogP contribution in [0.3, 0.4) is 0 Å². The summed E-state index contributed by atoms with van der Waals surface area (Å²) in [6.45, 7) is 2.48. The monoisotopic (exact) mass is 435 g/mol. The number of aryl methyl sites for hydroxylation is 2. The van der Waals surface area contributed by atoms with Crippen molar-refractivity contribution >= 4 is 48.5 Å². The Balaban J connectivity index is 1.67. The first kappa shape index (κ1) is 21.3. The Kier molecular flexibility index (Phi) is 6.58. The summed E-state index contributed by atoms with van der Waals surface area (Å²) < 4.78 is 37.2. The van der Waals surface area contributed by atoms with Crippen molar-refractivity contribution in [2.45, 2.75) is 13.3 Å². The van der Waals surface area contributed by atoms with Crippen molar-refractivity contribution in [3.63, 3.8) is 0 Å². The minimum absolute atomic E-state index is 0.0688. The number of azo groups is 1. The number of thiazole rings is 1. The summed E-state index contributed by atoms with van der Waals surface area (Å²) in [6.07, 6.45) is 0.458. The maximum atomic E-state index is 10.6. The molecule has 1 aromatic heterocycles. The van der Waals surface area contributed by atoms with Crippen LogP contribution in [0.2, 0.25) is 0 Å². The van der Waals surface area contributed by atoms with Crippen LogP contribution < -0.4 is 9.47 Å². The summed E-state index contributed by atoms with van der Waals surface area (Å²) in [6, 6.07) is 14.0. The van der Waals surface area contributed by atoms with Crippen molar-refractivity contribution in [2.75, 3.05) is 25.1 Å². The second kappa shape index (κ2) is 8.95. The minimum atomic E-state index is -4.38. The maximum absolute atomic E-state index is 10.6. The van der Waals surface area contributed by atoms with E-state index in [2.05, 4.69) is 26.5 Å². The molecule has 0 saturated carbocycles. The normalized spacial score (nSPS) is 12.1. The number of rotatable bonds is 8. The van der Waals surface area contributed by atoms with Crippen LogP contribution in [0.4, 0.5) is 16.5 Å². The van der Waals surface area contributed by atoms with Crippen molar-refractivity contribution in [1.29, 1.82) is 0 Å². The van der Waals surface area contributed by atoms with Crippen LogP contribution in [0.5, 0.6) is 0 Å². The zero-order chi connectivity index (χ0) is 21.0. The molecule has 10 heteroatoms. The summed E-state index contributed by atoms with van der Waals surface area (Å²) in [5.74, 6) is 0. The van der Waals surface area contributed by atoms with Gasteiger partial charge in [0.15, 0.2) is 0 Å². The first-order valence-electron chi connectivity index (χ1n) is 8.97. The summed E-state index contributed by atoms with van der Waals surface area (Å²) in [7, 11) is -0.503. The van der Waals surface area contributed by atoms with Gasteiger partial charge < -0.3 is 4.90 Å². The van der Waals surface area contributed by atoms with Crippen LogP contribution in [0.15, 0.2) is 52.7 Å². The van der Waals surface area contributed by atoms with E-state index in [1.54, 1.807) is 11.3 Å². The number of nitrogens with zero attached hydrogens (tertiary/aromatic N) is 4. The van der Waals surface area contributed by atoms with Gasteiger partial charge in [0.1, 0.15) is 11.2 Å². The number of fused-ring (bicyclic) bond motifs is 1. The predicted octanol–water partition coefficient (Wildman–Crippen LogP) is 4.10. The van der Waals surface area contributed by atoms with Crippen molar-refractivity contribution in [1.82, 2.24) is 0 Å². The van der Waals surface area contributed by atoms with E-state index in [4.69, 9.17) is 4.55 Å². The molecule has 0 aliphatic carbocycles. The van der Waals surface area contributed by atoms with E-state index in [9.17, 15) is 8.42 Å². The fourth-order valence-corrected chi connectivity index (χ4v) is 4.16. The summed E-state index contributed by atoms with van der Waals surface area (Å²) >= 11 is 1.59. The Morgan fingerprint density at radius 2 is 1.97 bits per heavy atom. The van der Waals surface area contributed by atoms with Crippen LogP contribution >= 0.6 is 11.3 Å². The zero-order valence-corrected chi connectivity index (χ0v) is 18.1. The molecule has 0 radical (unpaired) electrons. The largest absolute Gasteiger partial charge is 0.409 e. The first-order valence-corrected chi connectivity index (χ1v) is 11.2. The average Bonchev–Trinajstić information content (AvgIpc) is 2.99. The number of aromatic nitrogens is 1. The van der Waals surface area contributed by atoms with E-state index >= 15 is 0 Å². The van der Waals surface area contributed by atoms with E-state index in [0.717, 1.165) is 32.3 Å². The van der Waals surface area contributed by atoms with E-state index < -0.39 is 10.4 Å². The number of benzene rings is 2. The quantitative estimate of drug-likeness (QED) is 0.249. The molecular formula is C19H23N4O4S2+. The molecular weight excluding hydrogens is 412 g/mol. The standard InChI is InChI=1S/C19H22N4O4S2/c1-14-13-15(22(2)11-6-12-27-29(24,25)26)9-10-16(14)20-21-19-23(3)17-7-4-5-8-18(17)28-19/h4-5,7-10,13H,6,11-12H2,1-3H3/p+1. The molecule has 8 nitrogen and oxygen atoms in total. The molecule has 3 aromatic rings. The lowest BCUT2D eigenvalue weighted by molar-refractivity contribution is -0.627. The van der Waals surface area contributed by atoms with Crippen molar-refractivity contribution in [3.8, 4) is 0 Å². The smallest absolute Gasteiger partial charge is 0.375 e. The second-order valence-corrected chi connectivity index (χ2v) is 8.71.